The highest BCUT2D eigenvalue weighted by Crippen LogP contribution is 2.45. The van der Waals surface area contributed by atoms with Gasteiger partial charge >= 0.3 is 0 Å². The molecule has 0 spiro atoms. The van der Waals surface area contributed by atoms with Crippen molar-refractivity contribution in [3.8, 4) is 57.0 Å². The van der Waals surface area contributed by atoms with Gasteiger partial charge in [0.25, 0.3) is 0 Å². The number of para-hydroxylation sites is 4. The van der Waals surface area contributed by atoms with E-state index < -0.39 is 0 Å². The SMILES string of the molecule is c1ccc(-n2c3ccccc3c3ccc(Oc4cccc(-c5ncn6c5-c5ccccc5Oc5ccccc5-6)c4)cc32)nc1. The van der Waals surface area contributed by atoms with Crippen molar-refractivity contribution in [3.05, 3.63) is 146 Å². The second-order valence-corrected chi connectivity index (χ2v) is 10.7. The van der Waals surface area contributed by atoms with Gasteiger partial charge in [-0.15, -0.1) is 0 Å². The minimum atomic E-state index is 0.725. The quantitative estimate of drug-likeness (QED) is 0.212. The molecule has 1 aliphatic rings. The first-order valence-electron chi connectivity index (χ1n) is 14.5. The van der Waals surface area contributed by atoms with Crippen LogP contribution in [0.2, 0.25) is 0 Å². The summed E-state index contributed by atoms with van der Waals surface area (Å²) in [6.07, 6.45) is 3.69. The fraction of sp³-hybridized carbons (Fsp3) is 0. The maximum atomic E-state index is 6.51. The van der Waals surface area contributed by atoms with Crippen molar-refractivity contribution in [2.45, 2.75) is 0 Å². The Hall–Kier alpha value is -6.14. The van der Waals surface area contributed by atoms with Crippen LogP contribution in [0.25, 0.3) is 55.8 Å². The lowest BCUT2D eigenvalue weighted by molar-refractivity contribution is 0.483. The van der Waals surface area contributed by atoms with Gasteiger partial charge in [-0.05, 0) is 66.7 Å². The molecular weight excluding hydrogens is 544 g/mol. The molecule has 1 aliphatic heterocycles. The van der Waals surface area contributed by atoms with E-state index in [9.17, 15) is 0 Å². The van der Waals surface area contributed by atoms with Crippen LogP contribution in [0, 0.1) is 0 Å². The molecule has 0 aliphatic carbocycles. The monoisotopic (exact) mass is 568 g/mol. The molecule has 0 unspecified atom stereocenters. The van der Waals surface area contributed by atoms with Gasteiger partial charge in [-0.3, -0.25) is 9.13 Å². The second kappa shape index (κ2) is 9.71. The Morgan fingerprint density at radius 1 is 0.591 bits per heavy atom. The molecule has 0 atom stereocenters. The van der Waals surface area contributed by atoms with E-state index in [4.69, 9.17) is 14.5 Å². The summed E-state index contributed by atoms with van der Waals surface area (Å²) in [5.74, 6) is 3.92. The fourth-order valence-electron chi connectivity index (χ4n) is 6.20. The van der Waals surface area contributed by atoms with Gasteiger partial charge in [0.05, 0.1) is 28.1 Å². The Kier molecular flexibility index (Phi) is 5.40. The lowest BCUT2D eigenvalue weighted by atomic mass is 10.0. The Morgan fingerprint density at radius 2 is 1.39 bits per heavy atom. The molecule has 208 valence electrons. The minimum absolute atomic E-state index is 0.725. The molecule has 0 saturated heterocycles. The summed E-state index contributed by atoms with van der Waals surface area (Å²) < 4.78 is 17.2. The predicted molar refractivity (Wildman–Crippen MR) is 173 cm³/mol. The number of rotatable bonds is 4. The molecule has 0 radical (unpaired) electrons. The predicted octanol–water partition coefficient (Wildman–Crippen LogP) is 9.60. The van der Waals surface area contributed by atoms with Crippen molar-refractivity contribution in [2.75, 3.05) is 0 Å². The molecule has 9 rings (SSSR count). The van der Waals surface area contributed by atoms with Crippen molar-refractivity contribution in [3.63, 3.8) is 0 Å². The molecule has 0 saturated carbocycles. The molecule has 0 N–H and O–H groups in total. The lowest BCUT2D eigenvalue weighted by Gasteiger charge is -2.11. The van der Waals surface area contributed by atoms with E-state index in [-0.39, 0.29) is 0 Å². The Balaban J connectivity index is 1.15. The molecule has 5 aromatic carbocycles. The summed E-state index contributed by atoms with van der Waals surface area (Å²) in [6, 6.07) is 44.8. The first-order chi connectivity index (χ1) is 21.8. The molecule has 0 amide bonds. The van der Waals surface area contributed by atoms with Gasteiger partial charge in [0.15, 0.2) is 5.75 Å². The zero-order valence-corrected chi connectivity index (χ0v) is 23.5. The molecule has 4 heterocycles. The number of imidazole rings is 1. The number of pyridine rings is 1. The fourth-order valence-corrected chi connectivity index (χ4v) is 6.20. The molecular formula is C38H24N4O2. The average molecular weight is 569 g/mol. The normalized spacial score (nSPS) is 11.8. The van der Waals surface area contributed by atoms with Crippen molar-refractivity contribution >= 4 is 21.8 Å². The molecule has 0 bridgehead atoms. The van der Waals surface area contributed by atoms with Gasteiger partial charge in [0.1, 0.15) is 29.4 Å². The van der Waals surface area contributed by atoms with E-state index in [1.54, 1.807) is 0 Å². The molecule has 44 heavy (non-hydrogen) atoms. The summed E-state index contributed by atoms with van der Waals surface area (Å²) in [4.78, 5) is 9.56. The average Bonchev–Trinajstić information content (AvgIpc) is 3.61. The van der Waals surface area contributed by atoms with Crippen molar-refractivity contribution in [2.24, 2.45) is 0 Å². The Labute approximate surface area is 253 Å². The van der Waals surface area contributed by atoms with E-state index >= 15 is 0 Å². The molecule has 6 heteroatoms. The number of ether oxygens (including phenoxy) is 2. The number of hydrogen-bond donors (Lipinski definition) is 0. The summed E-state index contributed by atoms with van der Waals surface area (Å²) in [5, 5.41) is 2.32. The summed E-state index contributed by atoms with van der Waals surface area (Å²) >= 11 is 0. The molecule has 6 nitrogen and oxygen atoms in total. The Bertz CT molecular complexity index is 2350. The Morgan fingerprint density at radius 3 is 2.32 bits per heavy atom. The largest absolute Gasteiger partial charge is 0.457 e. The van der Waals surface area contributed by atoms with E-state index in [1.165, 1.54) is 5.39 Å². The zero-order valence-electron chi connectivity index (χ0n) is 23.5. The summed E-state index contributed by atoms with van der Waals surface area (Å²) in [6.45, 7) is 0. The number of aromatic nitrogens is 4. The van der Waals surface area contributed by atoms with Crippen LogP contribution in [-0.2, 0) is 0 Å². The standard InChI is InChI=1S/C38H24N4O2/c1-3-14-31-28(12-1)29-20-19-27(23-33(29)42(31)36-18-7-8-21-39-36)43-26-11-9-10-25(22-26)37-38-30-13-2-5-16-34(30)44-35-17-6-4-15-32(35)41(38)24-40-37/h1-24H. The van der Waals surface area contributed by atoms with Gasteiger partial charge in [-0.1, -0.05) is 60.7 Å². The maximum Gasteiger partial charge on any atom is 0.151 e. The van der Waals surface area contributed by atoms with E-state index in [0.29, 0.717) is 0 Å². The van der Waals surface area contributed by atoms with E-state index in [2.05, 4.69) is 68.7 Å². The number of hydrogen-bond acceptors (Lipinski definition) is 4. The molecule has 3 aromatic heterocycles. The van der Waals surface area contributed by atoms with Crippen molar-refractivity contribution in [1.29, 1.82) is 0 Å². The van der Waals surface area contributed by atoms with Crippen LogP contribution in [0.1, 0.15) is 0 Å². The van der Waals surface area contributed by atoms with Gasteiger partial charge < -0.3 is 9.47 Å². The summed E-state index contributed by atoms with van der Waals surface area (Å²) in [5.41, 5.74) is 6.85. The second-order valence-electron chi connectivity index (χ2n) is 10.7. The van der Waals surface area contributed by atoms with Crippen LogP contribution >= 0.6 is 0 Å². The maximum absolute atomic E-state index is 6.51. The van der Waals surface area contributed by atoms with Gasteiger partial charge in [0, 0.05) is 34.2 Å². The first-order valence-corrected chi connectivity index (χ1v) is 14.5. The third-order valence-electron chi connectivity index (χ3n) is 8.12. The summed E-state index contributed by atoms with van der Waals surface area (Å²) in [7, 11) is 0. The first kappa shape index (κ1) is 24.5. The third kappa shape index (κ3) is 3.82. The number of benzene rings is 5. The van der Waals surface area contributed by atoms with Crippen molar-refractivity contribution in [1.82, 2.24) is 19.1 Å². The number of nitrogens with zero attached hydrogens (tertiary/aromatic N) is 4. The highest BCUT2D eigenvalue weighted by Gasteiger charge is 2.25. The minimum Gasteiger partial charge on any atom is -0.457 e. The van der Waals surface area contributed by atoms with Crippen LogP contribution in [0.3, 0.4) is 0 Å². The van der Waals surface area contributed by atoms with Crippen LogP contribution in [0.5, 0.6) is 23.0 Å². The van der Waals surface area contributed by atoms with Crippen LogP contribution in [-0.4, -0.2) is 19.1 Å². The van der Waals surface area contributed by atoms with Crippen molar-refractivity contribution < 1.29 is 9.47 Å². The highest BCUT2D eigenvalue weighted by molar-refractivity contribution is 6.09. The van der Waals surface area contributed by atoms with E-state index in [0.717, 1.165) is 73.4 Å². The molecule has 8 aromatic rings. The van der Waals surface area contributed by atoms with E-state index in [1.807, 2.05) is 91.4 Å². The lowest BCUT2D eigenvalue weighted by Crippen LogP contribution is -1.96. The van der Waals surface area contributed by atoms with Gasteiger partial charge in [-0.2, -0.15) is 0 Å². The zero-order chi connectivity index (χ0) is 29.0. The third-order valence-corrected chi connectivity index (χ3v) is 8.12. The number of fused-ring (bicyclic) bond motifs is 8. The van der Waals surface area contributed by atoms with Crippen LogP contribution < -0.4 is 9.47 Å². The van der Waals surface area contributed by atoms with Crippen LogP contribution in [0.4, 0.5) is 0 Å². The van der Waals surface area contributed by atoms with Crippen LogP contribution in [0.15, 0.2) is 146 Å². The molecule has 0 fully saturated rings. The van der Waals surface area contributed by atoms with Gasteiger partial charge in [-0.25, -0.2) is 9.97 Å². The highest BCUT2D eigenvalue weighted by atomic mass is 16.5. The topological polar surface area (TPSA) is 54.1 Å². The smallest absolute Gasteiger partial charge is 0.151 e. The van der Waals surface area contributed by atoms with Gasteiger partial charge in [0.2, 0.25) is 0 Å².